The van der Waals surface area contributed by atoms with Gasteiger partial charge in [-0.1, -0.05) is 37.1 Å². The third-order valence-corrected chi connectivity index (χ3v) is 11.3. The third-order valence-electron chi connectivity index (χ3n) is 11.3. The summed E-state index contributed by atoms with van der Waals surface area (Å²) in [7, 11) is 1.40. The number of nitrogens with two attached hydrogens (primary N) is 4. The number of carbonyl (C=O) groups is 4. The van der Waals surface area contributed by atoms with Crippen molar-refractivity contribution < 1.29 is 42.9 Å². The van der Waals surface area contributed by atoms with E-state index >= 15 is 0 Å². The van der Waals surface area contributed by atoms with Crippen LogP contribution in [0.3, 0.4) is 0 Å². The fourth-order valence-electron chi connectivity index (χ4n) is 7.57. The molecule has 2 atom stereocenters. The molecule has 0 aliphatic heterocycles. The Kier molecular flexibility index (Phi) is 25.2. The molecule has 0 aliphatic rings. The summed E-state index contributed by atoms with van der Waals surface area (Å²) in [6, 6.07) is 0.978. The predicted octanol–water partition coefficient (Wildman–Crippen LogP) is 1.70. The molecule has 0 aliphatic carbocycles. The van der Waals surface area contributed by atoms with E-state index < -0.39 is 60.1 Å². The molecule has 22 nitrogen and oxygen atoms in total. The number of guanidine groups is 2. The summed E-state index contributed by atoms with van der Waals surface area (Å²) in [6.07, 6.45) is 5.28. The average Bonchev–Trinajstić information content (AvgIpc) is 3.32. The van der Waals surface area contributed by atoms with Crippen LogP contribution in [-0.2, 0) is 32.0 Å². The number of aliphatic imine (C=N–C) groups is 2. The minimum Gasteiger partial charge on any atom is -0.507 e. The van der Waals surface area contributed by atoms with Crippen LogP contribution in [0.2, 0.25) is 0 Å². The lowest BCUT2D eigenvalue weighted by atomic mass is 9.98. The summed E-state index contributed by atoms with van der Waals surface area (Å²) >= 11 is 0. The number of carbonyl (C=O) groups excluding carboxylic acids is 4. The van der Waals surface area contributed by atoms with Gasteiger partial charge in [0.2, 0.25) is 17.2 Å². The number of ether oxygens (including phenoxy) is 3. The zero-order valence-electron chi connectivity index (χ0n) is 43.3. The molecule has 1 aromatic heterocycles. The van der Waals surface area contributed by atoms with Crippen LogP contribution in [0.15, 0.2) is 54.6 Å². The van der Waals surface area contributed by atoms with E-state index in [1.165, 1.54) is 19.2 Å². The van der Waals surface area contributed by atoms with Crippen molar-refractivity contribution >= 4 is 57.5 Å². The molecule has 0 saturated carbocycles. The van der Waals surface area contributed by atoms with Crippen LogP contribution in [0, 0.1) is 0 Å². The van der Waals surface area contributed by atoms with Gasteiger partial charge in [0.1, 0.15) is 40.1 Å². The van der Waals surface area contributed by atoms with E-state index in [0.717, 1.165) is 37.3 Å². The highest BCUT2D eigenvalue weighted by atomic mass is 16.5. The molecule has 0 spiro atoms. The molecular formula is C50H78N12O10. The van der Waals surface area contributed by atoms with Gasteiger partial charge < -0.3 is 78.2 Å². The topological polar surface area (TPSA) is 339 Å². The number of phenols is 1. The van der Waals surface area contributed by atoms with Crippen LogP contribution >= 0.6 is 0 Å². The number of benzene rings is 2. The van der Waals surface area contributed by atoms with Crippen LogP contribution in [0.1, 0.15) is 85.3 Å². The number of nitrogens with one attached hydrogen (secondary N) is 5. The Bertz CT molecular complexity index is 2480. The number of aromatic hydroxyl groups is 1. The van der Waals surface area contributed by atoms with Gasteiger partial charge in [-0.15, -0.1) is 0 Å². The summed E-state index contributed by atoms with van der Waals surface area (Å²) in [5, 5.41) is 26.3. The number of likely N-dealkylation sites (N-methyl/N-ethyl adjacent to an activating group) is 2. The second-order valence-electron chi connectivity index (χ2n) is 17.4. The maximum atomic E-state index is 14.7. The van der Waals surface area contributed by atoms with Crippen molar-refractivity contribution in [3.63, 3.8) is 0 Å². The minimum absolute atomic E-state index is 0.0363. The first-order valence-electron chi connectivity index (χ1n) is 24.4. The predicted molar refractivity (Wildman–Crippen MR) is 282 cm³/mol. The van der Waals surface area contributed by atoms with Gasteiger partial charge in [0.05, 0.1) is 12.5 Å². The Morgan fingerprint density at radius 2 is 1.25 bits per heavy atom. The number of fused-ring (bicyclic) bond motifs is 2. The normalized spacial score (nSPS) is 11.8. The maximum absolute atomic E-state index is 14.7. The highest BCUT2D eigenvalue weighted by Gasteiger charge is 2.27. The van der Waals surface area contributed by atoms with Crippen LogP contribution in [-0.4, -0.2) is 137 Å². The first-order chi connectivity index (χ1) is 34.3. The molecule has 3 rings (SSSR count). The Morgan fingerprint density at radius 1 is 0.736 bits per heavy atom. The number of methoxy groups -OCH3 is 1. The number of phenolic OH excluding ortho intramolecular Hbond substituents is 1. The Labute approximate surface area is 421 Å². The zero-order valence-corrected chi connectivity index (χ0v) is 43.3. The van der Waals surface area contributed by atoms with Crippen molar-refractivity contribution in [3.8, 4) is 23.0 Å². The molecule has 3 aromatic rings. The summed E-state index contributed by atoms with van der Waals surface area (Å²) in [5.41, 5.74) is 23.7. The van der Waals surface area contributed by atoms with Gasteiger partial charge >= 0.3 is 0 Å². The van der Waals surface area contributed by atoms with Crippen molar-refractivity contribution in [3.05, 3.63) is 56.8 Å². The Hall–Kier alpha value is -7.07. The van der Waals surface area contributed by atoms with E-state index in [9.17, 15) is 29.1 Å². The first-order valence-corrected chi connectivity index (χ1v) is 24.4. The molecule has 72 heavy (non-hydrogen) atoms. The molecular weight excluding hydrogens is 929 g/mol. The molecule has 14 N–H and O–H groups in total. The van der Waals surface area contributed by atoms with E-state index in [0.29, 0.717) is 38.0 Å². The van der Waals surface area contributed by atoms with E-state index in [1.807, 2.05) is 39.8 Å². The number of rotatable bonds is 32. The summed E-state index contributed by atoms with van der Waals surface area (Å²) in [4.78, 5) is 78.1. The van der Waals surface area contributed by atoms with E-state index in [-0.39, 0.29) is 95.4 Å². The third kappa shape index (κ3) is 18.9. The number of nitrogens with zero attached hydrogens (tertiary/aromatic N) is 3. The second-order valence-corrected chi connectivity index (χ2v) is 17.4. The second kappa shape index (κ2) is 30.6. The molecule has 1 heterocycles. The average molecular weight is 1010 g/mol. The monoisotopic (exact) mass is 1010 g/mol. The zero-order chi connectivity index (χ0) is 53.3. The van der Waals surface area contributed by atoms with Crippen molar-refractivity contribution in [1.29, 1.82) is 0 Å². The van der Waals surface area contributed by atoms with E-state index in [4.69, 9.17) is 41.6 Å². The number of hydrogen-bond donors (Lipinski definition) is 10. The molecule has 0 bridgehead atoms. The van der Waals surface area contributed by atoms with Crippen molar-refractivity contribution in [2.24, 2.45) is 32.9 Å². The van der Waals surface area contributed by atoms with Gasteiger partial charge in [-0.05, 0) is 86.2 Å². The molecule has 0 saturated heterocycles. The molecule has 22 heteroatoms. The molecule has 2 aromatic carbocycles. The fraction of sp³-hybridized carbons (Fsp3) is 0.540. The fourth-order valence-corrected chi connectivity index (χ4v) is 7.57. The van der Waals surface area contributed by atoms with Crippen molar-refractivity contribution in [2.75, 3.05) is 79.2 Å². The lowest BCUT2D eigenvalue weighted by Crippen LogP contribution is -2.49. The molecule has 398 valence electrons. The number of amides is 4. The minimum atomic E-state index is -0.942. The molecule has 2 unspecified atom stereocenters. The van der Waals surface area contributed by atoms with E-state index in [1.54, 1.807) is 6.92 Å². The van der Waals surface area contributed by atoms with E-state index in [2.05, 4.69) is 55.3 Å². The standard InChI is InChI=1S/C50H78N12O10/c1-9-56-47(67)34(14-12-20-58-49(51)52)60-40(63)28-70-36-26-38-43(44(65)32(36)18-16-30(4)5)45(66)42-33(19-17-31(6)7)46(69-8)39(27-37(42)72-38)71-29-41(64)61-35(15-13-21-59-50(53)54)48(68)57-23-22-55-24-25-62(10-2)11-3/h16-17,26-27,34-35,55,65H,9-15,18-25,28-29H2,1-8H3,(H,56,67)(H,57,68)(H,60,63)(H,61,64)(H4,51,52,58)(H4,53,54,59). The lowest BCUT2D eigenvalue weighted by molar-refractivity contribution is -0.130. The van der Waals surface area contributed by atoms with Gasteiger partial charge in [-0.3, -0.25) is 34.0 Å². The largest absolute Gasteiger partial charge is 0.507 e. The van der Waals surface area contributed by atoms with Crippen LogP contribution in [0.25, 0.3) is 21.9 Å². The number of hydrogen-bond acceptors (Lipinski definition) is 14. The van der Waals surface area contributed by atoms with Crippen LogP contribution in [0.4, 0.5) is 0 Å². The summed E-state index contributed by atoms with van der Waals surface area (Å²) < 4.78 is 24.4. The van der Waals surface area contributed by atoms with Crippen molar-refractivity contribution in [1.82, 2.24) is 31.5 Å². The van der Waals surface area contributed by atoms with Gasteiger partial charge in [-0.25, -0.2) is 0 Å². The SMILES string of the molecule is CCNC(=O)C(CCCN=C(N)N)NC(=O)COc1cc2oc3cc(OCC(=O)NC(CCCN=C(N)N)C(=O)NCCNCCN(CC)CC)c(OC)c(CC=C(C)C)c3c(=O)c2c(O)c1CC=C(C)C. The van der Waals surface area contributed by atoms with Gasteiger partial charge in [0.15, 0.2) is 36.6 Å². The lowest BCUT2D eigenvalue weighted by Gasteiger charge is -2.20. The highest BCUT2D eigenvalue weighted by molar-refractivity contribution is 5.98. The molecule has 0 radical (unpaired) electrons. The smallest absolute Gasteiger partial charge is 0.258 e. The summed E-state index contributed by atoms with van der Waals surface area (Å²) in [5.74, 6) is -2.38. The Balaban J connectivity index is 2.03. The summed E-state index contributed by atoms with van der Waals surface area (Å²) in [6.45, 7) is 17.6. The first kappa shape index (κ1) is 59.2. The number of allylic oxidation sites excluding steroid dienone is 4. The van der Waals surface area contributed by atoms with Gasteiger partial charge in [0.25, 0.3) is 11.8 Å². The molecule has 0 fully saturated rings. The van der Waals surface area contributed by atoms with Gasteiger partial charge in [-0.2, -0.15) is 0 Å². The van der Waals surface area contributed by atoms with Crippen LogP contribution in [0.5, 0.6) is 23.0 Å². The molecule has 4 amide bonds. The highest BCUT2D eigenvalue weighted by Crippen LogP contribution is 2.41. The maximum Gasteiger partial charge on any atom is 0.258 e. The van der Waals surface area contributed by atoms with Crippen LogP contribution < -0.4 is 69.2 Å². The van der Waals surface area contributed by atoms with Crippen molar-refractivity contribution in [2.45, 2.75) is 99.1 Å². The quantitative estimate of drug-likeness (QED) is 0.0140. The van der Waals surface area contributed by atoms with Gasteiger partial charge in [0, 0.05) is 69.1 Å². The Morgan fingerprint density at radius 3 is 1.76 bits per heavy atom.